The average Bonchev–Trinajstić information content (AvgIpc) is 2.14. The van der Waals surface area contributed by atoms with Crippen LogP contribution in [0.3, 0.4) is 0 Å². The van der Waals surface area contributed by atoms with Crippen LogP contribution >= 0.6 is 0 Å². The molecule has 1 rings (SSSR count). The summed E-state index contributed by atoms with van der Waals surface area (Å²) in [7, 11) is 0. The Balaban J connectivity index is 2.76. The van der Waals surface area contributed by atoms with Crippen molar-refractivity contribution in [1.82, 2.24) is 5.16 Å². The van der Waals surface area contributed by atoms with Gasteiger partial charge in [-0.25, -0.2) is 0 Å². The van der Waals surface area contributed by atoms with Gasteiger partial charge in [-0.15, -0.1) is 0 Å². The zero-order valence-corrected chi connectivity index (χ0v) is 4.14. The Morgan fingerprint density at radius 3 is 3.14 bits per heavy atom. The van der Waals surface area contributed by atoms with Crippen molar-refractivity contribution in [1.29, 1.82) is 0 Å². The van der Waals surface area contributed by atoms with Crippen LogP contribution in [0.5, 0.6) is 0 Å². The van der Waals surface area contributed by atoms with Gasteiger partial charge in [-0.05, 0) is 6.42 Å². The van der Waals surface area contributed by atoms with Crippen LogP contribution in [0.1, 0.15) is 12.6 Å². The predicted molar refractivity (Wildman–Crippen MR) is 24.7 cm³/mol. The second kappa shape index (κ2) is 1.78. The van der Waals surface area contributed by atoms with Crippen LogP contribution in [0, 0.1) is 6.26 Å². The second-order valence-electron chi connectivity index (χ2n) is 1.29. The van der Waals surface area contributed by atoms with Crippen LogP contribution in [-0.4, -0.2) is 5.16 Å². The maximum atomic E-state index is 4.43. The molecule has 0 aliphatic heterocycles. The molecule has 2 nitrogen and oxygen atoms in total. The van der Waals surface area contributed by atoms with Crippen LogP contribution < -0.4 is 0 Å². The minimum absolute atomic E-state index is 0.924. The third kappa shape index (κ3) is 0.796. The van der Waals surface area contributed by atoms with Crippen molar-refractivity contribution >= 4 is 0 Å². The Kier molecular flexibility index (Phi) is 1.11. The zero-order valence-electron chi connectivity index (χ0n) is 4.14. The second-order valence-corrected chi connectivity index (χ2v) is 1.29. The highest BCUT2D eigenvalue weighted by atomic mass is 16.5. The molecule has 1 radical (unpaired) electrons. The molecule has 7 heavy (non-hydrogen) atoms. The van der Waals surface area contributed by atoms with Crippen LogP contribution in [0.4, 0.5) is 0 Å². The van der Waals surface area contributed by atoms with E-state index < -0.39 is 0 Å². The minimum Gasteiger partial charge on any atom is -0.353 e. The van der Waals surface area contributed by atoms with Gasteiger partial charge in [-0.1, -0.05) is 12.1 Å². The van der Waals surface area contributed by atoms with Crippen LogP contribution in [0.2, 0.25) is 0 Å². The lowest BCUT2D eigenvalue weighted by atomic mass is 10.4. The van der Waals surface area contributed by atoms with Crippen molar-refractivity contribution < 1.29 is 4.52 Å². The number of aromatic nitrogens is 1. The lowest BCUT2D eigenvalue weighted by Gasteiger charge is -1.74. The first-order valence-electron chi connectivity index (χ1n) is 2.25. The molecule has 1 heterocycles. The summed E-state index contributed by atoms with van der Waals surface area (Å²) in [5.41, 5.74) is 0.958. The van der Waals surface area contributed by atoms with Gasteiger partial charge in [-0.3, -0.25) is 0 Å². The van der Waals surface area contributed by atoms with E-state index in [-0.39, 0.29) is 0 Å². The predicted octanol–water partition coefficient (Wildman–Crippen LogP) is 1.04. The van der Waals surface area contributed by atoms with E-state index in [1.165, 1.54) is 0 Å². The summed E-state index contributed by atoms with van der Waals surface area (Å²) < 4.78 is 4.43. The SMILES string of the molecule is CCc1c[c]on1. The molecule has 0 atom stereocenters. The normalized spacial score (nSPS) is 9.29. The van der Waals surface area contributed by atoms with E-state index in [0.717, 1.165) is 12.1 Å². The Morgan fingerprint density at radius 2 is 2.86 bits per heavy atom. The number of rotatable bonds is 1. The standard InChI is InChI=1S/C5H6NO/c1-2-5-3-4-7-6-5/h3H,2H2,1H3. The molecule has 1 aromatic rings. The number of hydrogen-bond acceptors (Lipinski definition) is 2. The fourth-order valence-electron chi connectivity index (χ4n) is 0.372. The van der Waals surface area contributed by atoms with E-state index in [0.29, 0.717) is 0 Å². The number of hydrogen-bond donors (Lipinski definition) is 0. The Labute approximate surface area is 42.1 Å². The molecule has 0 aromatic carbocycles. The van der Waals surface area contributed by atoms with Gasteiger partial charge >= 0.3 is 0 Å². The van der Waals surface area contributed by atoms with Crippen molar-refractivity contribution in [2.24, 2.45) is 0 Å². The van der Waals surface area contributed by atoms with Crippen LogP contribution in [0.15, 0.2) is 10.6 Å². The van der Waals surface area contributed by atoms with Crippen molar-refractivity contribution in [3.05, 3.63) is 18.0 Å². The average molecular weight is 96.1 g/mol. The molecule has 0 saturated carbocycles. The minimum atomic E-state index is 0.924. The molecule has 0 aliphatic rings. The summed E-state index contributed by atoms with van der Waals surface area (Å²) in [6.07, 6.45) is 3.42. The van der Waals surface area contributed by atoms with Gasteiger partial charge in [0.25, 0.3) is 0 Å². The van der Waals surface area contributed by atoms with Crippen molar-refractivity contribution in [3.63, 3.8) is 0 Å². The first kappa shape index (κ1) is 4.37. The topological polar surface area (TPSA) is 26.0 Å². The van der Waals surface area contributed by atoms with Gasteiger partial charge in [-0.2, -0.15) is 0 Å². The molecule has 0 bridgehead atoms. The number of aryl methyl sites for hydroxylation is 1. The quantitative estimate of drug-likeness (QED) is 0.522. The molecule has 0 fully saturated rings. The maximum Gasteiger partial charge on any atom is 0.205 e. The molecule has 0 amide bonds. The van der Waals surface area contributed by atoms with Gasteiger partial charge in [0.1, 0.15) is 0 Å². The first-order valence-corrected chi connectivity index (χ1v) is 2.25. The zero-order chi connectivity index (χ0) is 5.11. The highest BCUT2D eigenvalue weighted by Crippen LogP contribution is 1.91. The summed E-state index contributed by atoms with van der Waals surface area (Å²) in [5.74, 6) is 0. The van der Waals surface area contributed by atoms with Crippen molar-refractivity contribution in [2.75, 3.05) is 0 Å². The highest BCUT2D eigenvalue weighted by molar-refractivity contribution is 4.92. The number of nitrogens with zero attached hydrogens (tertiary/aromatic N) is 1. The molecule has 37 valence electrons. The summed E-state index contributed by atoms with van der Waals surface area (Å²) in [6.45, 7) is 2.02. The highest BCUT2D eigenvalue weighted by Gasteiger charge is 1.87. The molecule has 0 saturated heterocycles. The third-order valence-corrected chi connectivity index (χ3v) is 0.803. The van der Waals surface area contributed by atoms with E-state index in [9.17, 15) is 0 Å². The monoisotopic (exact) mass is 96.0 g/mol. The van der Waals surface area contributed by atoms with Gasteiger partial charge in [0, 0.05) is 6.07 Å². The molecular weight excluding hydrogens is 90.1 g/mol. The van der Waals surface area contributed by atoms with Crippen molar-refractivity contribution in [3.8, 4) is 0 Å². The third-order valence-electron chi connectivity index (χ3n) is 0.803. The van der Waals surface area contributed by atoms with Gasteiger partial charge in [0.2, 0.25) is 6.26 Å². The van der Waals surface area contributed by atoms with Gasteiger partial charge in [0.05, 0.1) is 5.69 Å². The summed E-state index contributed by atoms with van der Waals surface area (Å²) in [6, 6.07) is 1.74. The maximum absolute atomic E-state index is 4.43. The van der Waals surface area contributed by atoms with Crippen molar-refractivity contribution in [2.45, 2.75) is 13.3 Å². The first-order chi connectivity index (χ1) is 3.43. The largest absolute Gasteiger partial charge is 0.353 e. The van der Waals surface area contributed by atoms with E-state index in [4.69, 9.17) is 0 Å². The molecule has 1 aromatic heterocycles. The van der Waals surface area contributed by atoms with E-state index in [1.54, 1.807) is 6.07 Å². The Morgan fingerprint density at radius 1 is 2.00 bits per heavy atom. The summed E-state index contributed by atoms with van der Waals surface area (Å²) in [5, 5.41) is 3.60. The van der Waals surface area contributed by atoms with Gasteiger partial charge in [0.15, 0.2) is 0 Å². The summed E-state index contributed by atoms with van der Waals surface area (Å²) in [4.78, 5) is 0. The molecular formula is C5H6NO. The Hall–Kier alpha value is -0.790. The Bertz CT molecular complexity index is 123. The van der Waals surface area contributed by atoms with E-state index in [2.05, 4.69) is 15.9 Å². The van der Waals surface area contributed by atoms with Crippen LogP contribution in [-0.2, 0) is 6.42 Å². The fourth-order valence-corrected chi connectivity index (χ4v) is 0.372. The molecule has 0 unspecified atom stereocenters. The fraction of sp³-hybridized carbons (Fsp3) is 0.400. The molecule has 2 heteroatoms. The van der Waals surface area contributed by atoms with E-state index in [1.807, 2.05) is 6.92 Å². The van der Waals surface area contributed by atoms with Gasteiger partial charge < -0.3 is 4.52 Å². The molecule has 0 aliphatic carbocycles. The summed E-state index contributed by atoms with van der Waals surface area (Å²) >= 11 is 0. The van der Waals surface area contributed by atoms with Crippen LogP contribution in [0.25, 0.3) is 0 Å². The lowest BCUT2D eigenvalue weighted by molar-refractivity contribution is 0.406. The lowest BCUT2D eigenvalue weighted by Crippen LogP contribution is -1.73. The van der Waals surface area contributed by atoms with E-state index >= 15 is 0 Å². The smallest absolute Gasteiger partial charge is 0.205 e. The molecule has 0 spiro atoms. The molecule has 0 N–H and O–H groups in total.